The van der Waals surface area contributed by atoms with Crippen LogP contribution in [0.5, 0.6) is 0 Å². The van der Waals surface area contributed by atoms with E-state index in [1.54, 1.807) is 24.3 Å². The lowest BCUT2D eigenvalue weighted by molar-refractivity contribution is 0.0746. The van der Waals surface area contributed by atoms with Crippen LogP contribution in [0.4, 0.5) is 11.4 Å². The van der Waals surface area contributed by atoms with Crippen LogP contribution in [0.3, 0.4) is 0 Å². The molecule has 0 saturated carbocycles. The molecule has 0 spiro atoms. The van der Waals surface area contributed by atoms with Crippen molar-refractivity contribution in [3.63, 3.8) is 0 Å². The zero-order valence-electron chi connectivity index (χ0n) is 19.8. The molecule has 6 heteroatoms. The maximum absolute atomic E-state index is 12.9. The average molecular weight is 476 g/mol. The third-order valence-corrected chi connectivity index (χ3v) is 6.41. The minimum atomic E-state index is -0.174. The second kappa shape index (κ2) is 9.90. The highest BCUT2D eigenvalue weighted by atomic mass is 35.5. The fourth-order valence-electron chi connectivity index (χ4n) is 4.02. The molecule has 1 aliphatic rings. The smallest absolute Gasteiger partial charge is 0.255 e. The van der Waals surface area contributed by atoms with E-state index in [1.807, 2.05) is 41.3 Å². The first kappa shape index (κ1) is 23.8. The lowest BCUT2D eigenvalue weighted by Gasteiger charge is -2.36. The first-order valence-corrected chi connectivity index (χ1v) is 11.9. The van der Waals surface area contributed by atoms with Crippen molar-refractivity contribution >= 4 is 34.8 Å². The highest BCUT2D eigenvalue weighted by Gasteiger charge is 2.23. The molecule has 0 aliphatic carbocycles. The van der Waals surface area contributed by atoms with Gasteiger partial charge in [-0.3, -0.25) is 9.59 Å². The molecule has 0 unspecified atom stereocenters. The van der Waals surface area contributed by atoms with Gasteiger partial charge in [0.05, 0.1) is 0 Å². The Morgan fingerprint density at radius 1 is 0.765 bits per heavy atom. The van der Waals surface area contributed by atoms with Crippen LogP contribution in [0.2, 0.25) is 5.02 Å². The average Bonchev–Trinajstić information content (AvgIpc) is 2.84. The summed E-state index contributed by atoms with van der Waals surface area (Å²) in [7, 11) is 0. The molecule has 3 aromatic carbocycles. The SMILES string of the molecule is CC(C)(C)c1ccc(C(=O)N2CCN(c3ccc(NC(=O)c4ccc(Cl)cc4)cc3)CC2)cc1. The Morgan fingerprint density at radius 3 is 1.88 bits per heavy atom. The summed E-state index contributed by atoms with van der Waals surface area (Å²) in [5.74, 6) is -0.0903. The molecule has 34 heavy (non-hydrogen) atoms. The van der Waals surface area contributed by atoms with Gasteiger partial charge in [0.2, 0.25) is 0 Å². The second-order valence-corrected chi connectivity index (χ2v) is 10.1. The normalized spacial score (nSPS) is 14.1. The van der Waals surface area contributed by atoms with Crippen molar-refractivity contribution in [1.82, 2.24) is 4.90 Å². The summed E-state index contributed by atoms with van der Waals surface area (Å²) in [5, 5.41) is 3.51. The maximum Gasteiger partial charge on any atom is 0.255 e. The van der Waals surface area contributed by atoms with E-state index < -0.39 is 0 Å². The van der Waals surface area contributed by atoms with Crippen molar-refractivity contribution in [2.45, 2.75) is 26.2 Å². The molecular weight excluding hydrogens is 446 g/mol. The van der Waals surface area contributed by atoms with Gasteiger partial charge >= 0.3 is 0 Å². The summed E-state index contributed by atoms with van der Waals surface area (Å²) in [4.78, 5) is 29.5. The first-order chi connectivity index (χ1) is 16.2. The van der Waals surface area contributed by atoms with Crippen LogP contribution in [0.1, 0.15) is 47.1 Å². The highest BCUT2D eigenvalue weighted by Crippen LogP contribution is 2.24. The summed E-state index contributed by atoms with van der Waals surface area (Å²) < 4.78 is 0. The van der Waals surface area contributed by atoms with E-state index in [9.17, 15) is 9.59 Å². The van der Waals surface area contributed by atoms with Crippen LogP contribution >= 0.6 is 11.6 Å². The Labute approximate surface area is 206 Å². The van der Waals surface area contributed by atoms with Crippen LogP contribution in [-0.4, -0.2) is 42.9 Å². The minimum absolute atomic E-state index is 0.0708. The van der Waals surface area contributed by atoms with Crippen LogP contribution in [0.15, 0.2) is 72.8 Å². The van der Waals surface area contributed by atoms with Crippen molar-refractivity contribution in [3.05, 3.63) is 94.5 Å². The van der Waals surface area contributed by atoms with Gasteiger partial charge in [0, 0.05) is 53.7 Å². The molecule has 176 valence electrons. The summed E-state index contributed by atoms with van der Waals surface area (Å²) in [6, 6.07) is 22.6. The van der Waals surface area contributed by atoms with Gasteiger partial charge in [0.15, 0.2) is 0 Å². The largest absolute Gasteiger partial charge is 0.368 e. The number of carbonyl (C=O) groups is 2. The number of halogens is 1. The quantitative estimate of drug-likeness (QED) is 0.514. The lowest BCUT2D eigenvalue weighted by Crippen LogP contribution is -2.48. The number of benzene rings is 3. The standard InChI is InChI=1S/C28H30ClN3O2/c1-28(2,3)22-8-4-21(5-9-22)27(34)32-18-16-31(17-19-32)25-14-12-24(13-15-25)30-26(33)20-6-10-23(29)11-7-20/h4-15H,16-19H2,1-3H3,(H,30,33). The molecule has 5 nitrogen and oxygen atoms in total. The van der Waals surface area contributed by atoms with Gasteiger partial charge in [-0.15, -0.1) is 0 Å². The Balaban J connectivity index is 1.32. The molecule has 0 atom stereocenters. The molecule has 0 radical (unpaired) electrons. The van der Waals surface area contributed by atoms with E-state index in [0.717, 1.165) is 30.0 Å². The maximum atomic E-state index is 12.9. The first-order valence-electron chi connectivity index (χ1n) is 11.5. The van der Waals surface area contributed by atoms with Gasteiger partial charge in [-0.05, 0) is 71.6 Å². The van der Waals surface area contributed by atoms with Crippen LogP contribution in [0.25, 0.3) is 0 Å². The van der Waals surface area contributed by atoms with Crippen molar-refractivity contribution in [3.8, 4) is 0 Å². The lowest BCUT2D eigenvalue weighted by atomic mass is 9.86. The molecule has 1 N–H and O–H groups in total. The number of nitrogens with zero attached hydrogens (tertiary/aromatic N) is 2. The van der Waals surface area contributed by atoms with E-state index in [4.69, 9.17) is 11.6 Å². The number of rotatable bonds is 4. The van der Waals surface area contributed by atoms with Crippen molar-refractivity contribution in [2.24, 2.45) is 0 Å². The number of hydrogen-bond donors (Lipinski definition) is 1. The van der Waals surface area contributed by atoms with Crippen molar-refractivity contribution < 1.29 is 9.59 Å². The zero-order valence-corrected chi connectivity index (χ0v) is 20.6. The van der Waals surface area contributed by atoms with E-state index in [0.29, 0.717) is 23.7 Å². The Bertz CT molecular complexity index is 1140. The molecular formula is C28H30ClN3O2. The topological polar surface area (TPSA) is 52.7 Å². The fraction of sp³-hybridized carbons (Fsp3) is 0.286. The predicted molar refractivity (Wildman–Crippen MR) is 139 cm³/mol. The van der Waals surface area contributed by atoms with E-state index in [1.165, 1.54) is 5.56 Å². The number of amides is 2. The van der Waals surface area contributed by atoms with Gasteiger partial charge in [0.1, 0.15) is 0 Å². The molecule has 1 fully saturated rings. The fourth-order valence-corrected chi connectivity index (χ4v) is 4.15. The summed E-state index contributed by atoms with van der Waals surface area (Å²) in [5.41, 5.74) is 4.40. The van der Waals surface area contributed by atoms with E-state index in [2.05, 4.69) is 43.1 Å². The van der Waals surface area contributed by atoms with Gasteiger partial charge in [0.25, 0.3) is 11.8 Å². The van der Waals surface area contributed by atoms with Gasteiger partial charge in [-0.25, -0.2) is 0 Å². The summed E-state index contributed by atoms with van der Waals surface area (Å²) >= 11 is 5.89. The summed E-state index contributed by atoms with van der Waals surface area (Å²) in [6.07, 6.45) is 0. The van der Waals surface area contributed by atoms with E-state index >= 15 is 0 Å². The highest BCUT2D eigenvalue weighted by molar-refractivity contribution is 6.30. The number of piperazine rings is 1. The molecule has 0 bridgehead atoms. The Kier molecular flexibility index (Phi) is 6.94. The van der Waals surface area contributed by atoms with Gasteiger partial charge < -0.3 is 15.1 Å². The van der Waals surface area contributed by atoms with Crippen molar-refractivity contribution in [2.75, 3.05) is 36.4 Å². The van der Waals surface area contributed by atoms with Crippen molar-refractivity contribution in [1.29, 1.82) is 0 Å². The monoisotopic (exact) mass is 475 g/mol. The van der Waals surface area contributed by atoms with E-state index in [-0.39, 0.29) is 17.2 Å². The second-order valence-electron chi connectivity index (χ2n) is 9.61. The molecule has 4 rings (SSSR count). The van der Waals surface area contributed by atoms with Crippen LogP contribution in [-0.2, 0) is 5.41 Å². The molecule has 0 aromatic heterocycles. The number of nitrogens with one attached hydrogen (secondary N) is 1. The number of hydrogen-bond acceptors (Lipinski definition) is 3. The predicted octanol–water partition coefficient (Wildman–Crippen LogP) is 5.85. The van der Waals surface area contributed by atoms with Crippen LogP contribution in [0, 0.1) is 0 Å². The Hall–Kier alpha value is -3.31. The van der Waals surface area contributed by atoms with Gasteiger partial charge in [-0.2, -0.15) is 0 Å². The third-order valence-electron chi connectivity index (χ3n) is 6.16. The summed E-state index contributed by atoms with van der Waals surface area (Å²) in [6.45, 7) is 9.39. The Morgan fingerprint density at radius 2 is 1.32 bits per heavy atom. The molecule has 3 aromatic rings. The molecule has 1 saturated heterocycles. The molecule has 2 amide bonds. The minimum Gasteiger partial charge on any atom is -0.368 e. The third kappa shape index (κ3) is 5.60. The van der Waals surface area contributed by atoms with Gasteiger partial charge in [-0.1, -0.05) is 44.5 Å². The number of carbonyl (C=O) groups excluding carboxylic acids is 2. The molecule has 1 aliphatic heterocycles. The number of anilines is 2. The van der Waals surface area contributed by atoms with Crippen LogP contribution < -0.4 is 10.2 Å². The zero-order chi connectivity index (χ0) is 24.3. The molecule has 1 heterocycles.